The van der Waals surface area contributed by atoms with Gasteiger partial charge in [0.1, 0.15) is 6.10 Å². The molecule has 1 aromatic carbocycles. The van der Waals surface area contributed by atoms with E-state index in [4.69, 9.17) is 11.6 Å². The second-order valence-electron chi connectivity index (χ2n) is 3.79. The SMILES string of the molecule is CCCCC#CC(O)c1cc([N+](=O)[O-])ccc1Cl. The van der Waals surface area contributed by atoms with Crippen LogP contribution in [0, 0.1) is 22.0 Å². The molecule has 0 fully saturated rings. The van der Waals surface area contributed by atoms with E-state index < -0.39 is 11.0 Å². The quantitative estimate of drug-likeness (QED) is 0.393. The lowest BCUT2D eigenvalue weighted by Gasteiger charge is -2.06. The molecule has 1 N–H and O–H groups in total. The Morgan fingerprint density at radius 2 is 2.28 bits per heavy atom. The summed E-state index contributed by atoms with van der Waals surface area (Å²) in [6.07, 6.45) is 1.60. The Kier molecular flexibility index (Phi) is 5.63. The first-order valence-electron chi connectivity index (χ1n) is 5.66. The summed E-state index contributed by atoms with van der Waals surface area (Å²) in [4.78, 5) is 10.1. The van der Waals surface area contributed by atoms with Crippen molar-refractivity contribution in [2.75, 3.05) is 0 Å². The maximum absolute atomic E-state index is 10.6. The van der Waals surface area contributed by atoms with Crippen molar-refractivity contribution in [1.82, 2.24) is 0 Å². The van der Waals surface area contributed by atoms with Gasteiger partial charge in [0.25, 0.3) is 5.69 Å². The van der Waals surface area contributed by atoms with E-state index in [0.29, 0.717) is 6.42 Å². The zero-order chi connectivity index (χ0) is 13.5. The molecule has 1 aromatic rings. The number of unbranched alkanes of at least 4 members (excludes halogenated alkanes) is 2. The Hall–Kier alpha value is -1.57. The minimum absolute atomic E-state index is 0.108. The highest BCUT2D eigenvalue weighted by atomic mass is 35.5. The molecule has 1 atom stereocenters. The monoisotopic (exact) mass is 267 g/mol. The summed E-state index contributed by atoms with van der Waals surface area (Å²) in [6.45, 7) is 2.05. The molecule has 5 heteroatoms. The van der Waals surface area contributed by atoms with Crippen LogP contribution < -0.4 is 0 Å². The summed E-state index contributed by atoms with van der Waals surface area (Å²) in [6, 6.07) is 3.94. The largest absolute Gasteiger partial charge is 0.376 e. The zero-order valence-corrected chi connectivity index (χ0v) is 10.8. The molecule has 0 spiro atoms. The lowest BCUT2D eigenvalue weighted by atomic mass is 10.1. The Morgan fingerprint density at radius 3 is 2.89 bits per heavy atom. The van der Waals surface area contributed by atoms with Crippen LogP contribution in [0.4, 0.5) is 5.69 Å². The second kappa shape index (κ2) is 7.00. The molecular weight excluding hydrogens is 254 g/mol. The molecule has 0 aliphatic rings. The predicted molar refractivity (Wildman–Crippen MR) is 70.4 cm³/mol. The molecule has 0 radical (unpaired) electrons. The molecule has 0 amide bonds. The van der Waals surface area contributed by atoms with Crippen molar-refractivity contribution >= 4 is 17.3 Å². The minimum atomic E-state index is -1.09. The van der Waals surface area contributed by atoms with Crippen LogP contribution in [0.2, 0.25) is 5.02 Å². The number of nitrogens with zero attached hydrogens (tertiary/aromatic N) is 1. The van der Waals surface area contributed by atoms with Crippen LogP contribution in [0.3, 0.4) is 0 Å². The summed E-state index contributed by atoms with van der Waals surface area (Å²) in [5, 5.41) is 20.7. The number of hydrogen-bond acceptors (Lipinski definition) is 3. The molecular formula is C13H14ClNO3. The van der Waals surface area contributed by atoms with Crippen LogP contribution in [0.1, 0.15) is 37.9 Å². The summed E-state index contributed by atoms with van der Waals surface area (Å²) in [7, 11) is 0. The van der Waals surface area contributed by atoms with Crippen molar-refractivity contribution in [3.05, 3.63) is 38.9 Å². The lowest BCUT2D eigenvalue weighted by Crippen LogP contribution is -1.97. The van der Waals surface area contributed by atoms with Crippen LogP contribution in [0.15, 0.2) is 18.2 Å². The predicted octanol–water partition coefficient (Wildman–Crippen LogP) is 3.48. The number of nitro benzene ring substituents is 1. The Labute approximate surface area is 111 Å². The third-order valence-corrected chi connectivity index (χ3v) is 2.72. The highest BCUT2D eigenvalue weighted by Gasteiger charge is 2.14. The molecule has 4 nitrogen and oxygen atoms in total. The van der Waals surface area contributed by atoms with Gasteiger partial charge in [-0.05, 0) is 12.5 Å². The van der Waals surface area contributed by atoms with Gasteiger partial charge in [0.05, 0.1) is 4.92 Å². The zero-order valence-electron chi connectivity index (χ0n) is 10.0. The number of non-ortho nitro benzene ring substituents is 1. The summed E-state index contributed by atoms with van der Waals surface area (Å²) in [5.74, 6) is 5.47. The third kappa shape index (κ3) is 4.02. The number of benzene rings is 1. The second-order valence-corrected chi connectivity index (χ2v) is 4.20. The van der Waals surface area contributed by atoms with Gasteiger partial charge in [0, 0.05) is 29.1 Å². The molecule has 0 saturated heterocycles. The molecule has 0 bridgehead atoms. The van der Waals surface area contributed by atoms with Crippen molar-refractivity contribution in [2.24, 2.45) is 0 Å². The molecule has 18 heavy (non-hydrogen) atoms. The highest BCUT2D eigenvalue weighted by Crippen LogP contribution is 2.27. The van der Waals surface area contributed by atoms with E-state index in [9.17, 15) is 15.2 Å². The van der Waals surface area contributed by atoms with Crippen LogP contribution in [-0.2, 0) is 0 Å². The molecule has 1 unspecified atom stereocenters. The summed E-state index contributed by atoms with van der Waals surface area (Å²) in [5.41, 5.74) is 0.165. The van der Waals surface area contributed by atoms with Gasteiger partial charge in [0.2, 0.25) is 0 Å². The van der Waals surface area contributed by atoms with Crippen LogP contribution in [-0.4, -0.2) is 10.0 Å². The maximum atomic E-state index is 10.6. The first kappa shape index (κ1) is 14.5. The van der Waals surface area contributed by atoms with Gasteiger partial charge in [-0.25, -0.2) is 0 Å². The Bertz CT molecular complexity index is 491. The Morgan fingerprint density at radius 1 is 1.56 bits per heavy atom. The molecule has 96 valence electrons. The number of aliphatic hydroxyl groups is 1. The van der Waals surface area contributed by atoms with E-state index in [2.05, 4.69) is 18.8 Å². The molecule has 0 aromatic heterocycles. The topological polar surface area (TPSA) is 63.4 Å². The number of aliphatic hydroxyl groups excluding tert-OH is 1. The van der Waals surface area contributed by atoms with Crippen molar-refractivity contribution < 1.29 is 10.0 Å². The highest BCUT2D eigenvalue weighted by molar-refractivity contribution is 6.31. The van der Waals surface area contributed by atoms with Crippen LogP contribution in [0.25, 0.3) is 0 Å². The van der Waals surface area contributed by atoms with Crippen molar-refractivity contribution in [2.45, 2.75) is 32.3 Å². The van der Waals surface area contributed by atoms with E-state index >= 15 is 0 Å². The fourth-order valence-electron chi connectivity index (χ4n) is 1.37. The van der Waals surface area contributed by atoms with E-state index in [1.807, 2.05) is 0 Å². The summed E-state index contributed by atoms with van der Waals surface area (Å²) >= 11 is 5.89. The first-order chi connectivity index (χ1) is 8.56. The standard InChI is InChI=1S/C13H14ClNO3/c1-2-3-4-5-6-13(16)11-9-10(15(17)18)7-8-12(11)14/h7-9,13,16H,2-4H2,1H3. The van der Waals surface area contributed by atoms with E-state index in [1.165, 1.54) is 18.2 Å². The Balaban J connectivity index is 2.89. The van der Waals surface area contributed by atoms with Crippen molar-refractivity contribution in [1.29, 1.82) is 0 Å². The van der Waals surface area contributed by atoms with Gasteiger partial charge in [-0.3, -0.25) is 10.1 Å². The van der Waals surface area contributed by atoms with E-state index in [-0.39, 0.29) is 16.3 Å². The number of hydrogen-bond donors (Lipinski definition) is 1. The first-order valence-corrected chi connectivity index (χ1v) is 6.04. The van der Waals surface area contributed by atoms with E-state index in [0.717, 1.165) is 12.8 Å². The van der Waals surface area contributed by atoms with Crippen molar-refractivity contribution in [3.63, 3.8) is 0 Å². The van der Waals surface area contributed by atoms with Crippen LogP contribution in [0.5, 0.6) is 0 Å². The van der Waals surface area contributed by atoms with Gasteiger partial charge in [-0.15, -0.1) is 5.92 Å². The average Bonchev–Trinajstić information content (AvgIpc) is 2.34. The maximum Gasteiger partial charge on any atom is 0.269 e. The number of halogens is 1. The van der Waals surface area contributed by atoms with Gasteiger partial charge >= 0.3 is 0 Å². The molecule has 1 rings (SSSR count). The summed E-state index contributed by atoms with van der Waals surface area (Å²) < 4.78 is 0. The molecule has 0 aliphatic heterocycles. The average molecular weight is 268 g/mol. The molecule has 0 aliphatic carbocycles. The van der Waals surface area contributed by atoms with E-state index in [1.54, 1.807) is 0 Å². The molecule has 0 saturated carbocycles. The number of nitro groups is 1. The fourth-order valence-corrected chi connectivity index (χ4v) is 1.59. The van der Waals surface area contributed by atoms with Gasteiger partial charge < -0.3 is 5.11 Å². The third-order valence-electron chi connectivity index (χ3n) is 2.38. The molecule has 0 heterocycles. The number of rotatable bonds is 4. The minimum Gasteiger partial charge on any atom is -0.376 e. The normalized spacial score (nSPS) is 11.5. The lowest BCUT2D eigenvalue weighted by molar-refractivity contribution is -0.385. The van der Waals surface area contributed by atoms with Crippen LogP contribution >= 0.6 is 11.6 Å². The van der Waals surface area contributed by atoms with Gasteiger partial charge in [-0.1, -0.05) is 30.9 Å². The van der Waals surface area contributed by atoms with Crippen molar-refractivity contribution in [3.8, 4) is 11.8 Å². The smallest absolute Gasteiger partial charge is 0.269 e. The van der Waals surface area contributed by atoms with Gasteiger partial charge in [-0.2, -0.15) is 0 Å². The van der Waals surface area contributed by atoms with Gasteiger partial charge in [0.15, 0.2) is 0 Å². The fraction of sp³-hybridized carbons (Fsp3) is 0.385.